The molecule has 0 radical (unpaired) electrons. The third-order valence-corrected chi connectivity index (χ3v) is 4.69. The quantitative estimate of drug-likeness (QED) is 0.638. The molecule has 20 heavy (non-hydrogen) atoms. The predicted molar refractivity (Wildman–Crippen MR) is 85.0 cm³/mol. The zero-order chi connectivity index (χ0) is 14.5. The van der Waals surface area contributed by atoms with Crippen LogP contribution in [0.1, 0.15) is 50.2 Å². The van der Waals surface area contributed by atoms with E-state index in [1.807, 2.05) is 18.2 Å². The van der Waals surface area contributed by atoms with Gasteiger partial charge < -0.3 is 5.73 Å². The van der Waals surface area contributed by atoms with Gasteiger partial charge in [-0.25, -0.2) is 0 Å². The van der Waals surface area contributed by atoms with Crippen molar-refractivity contribution in [3.63, 3.8) is 0 Å². The molecule has 0 saturated heterocycles. The molecule has 110 valence electrons. The van der Waals surface area contributed by atoms with E-state index in [9.17, 15) is 0 Å². The van der Waals surface area contributed by atoms with Crippen LogP contribution in [-0.2, 0) is 6.54 Å². The summed E-state index contributed by atoms with van der Waals surface area (Å²) in [7, 11) is 2.22. The minimum Gasteiger partial charge on any atom is -0.384 e. The van der Waals surface area contributed by atoms with Gasteiger partial charge in [0.25, 0.3) is 0 Å². The van der Waals surface area contributed by atoms with Gasteiger partial charge in [-0.2, -0.15) is 0 Å². The first-order valence-corrected chi connectivity index (χ1v) is 7.73. The number of nitrogen functional groups attached to an aromatic ring is 1. The van der Waals surface area contributed by atoms with Gasteiger partial charge in [-0.3, -0.25) is 10.3 Å². The molecule has 0 heterocycles. The van der Waals surface area contributed by atoms with Crippen LogP contribution in [0.2, 0.25) is 0 Å². The van der Waals surface area contributed by atoms with Crippen molar-refractivity contribution in [1.82, 2.24) is 4.90 Å². The lowest BCUT2D eigenvalue weighted by Gasteiger charge is -2.34. The number of hydrogen-bond donors (Lipinski definition) is 2. The lowest BCUT2D eigenvalue weighted by atomic mass is 9.84. The second kappa shape index (κ2) is 6.89. The van der Waals surface area contributed by atoms with E-state index in [4.69, 9.17) is 11.1 Å². The second-order valence-corrected chi connectivity index (χ2v) is 6.11. The Morgan fingerprint density at radius 1 is 1.30 bits per heavy atom. The summed E-state index contributed by atoms with van der Waals surface area (Å²) >= 11 is 0. The number of nitrogens with zero attached hydrogens (tertiary/aromatic N) is 1. The van der Waals surface area contributed by atoms with Crippen molar-refractivity contribution in [2.24, 2.45) is 11.7 Å². The summed E-state index contributed by atoms with van der Waals surface area (Å²) in [5.41, 5.74) is 7.63. The molecule has 0 spiro atoms. The van der Waals surface area contributed by atoms with E-state index in [1.165, 1.54) is 37.7 Å². The number of nitrogens with two attached hydrogens (primary N) is 1. The van der Waals surface area contributed by atoms with E-state index in [0.29, 0.717) is 6.04 Å². The number of hydrogen-bond acceptors (Lipinski definition) is 2. The highest BCUT2D eigenvalue weighted by molar-refractivity contribution is 5.95. The van der Waals surface area contributed by atoms with Crippen molar-refractivity contribution in [2.45, 2.75) is 51.6 Å². The summed E-state index contributed by atoms with van der Waals surface area (Å²) in [6.07, 6.45) is 6.72. The molecular weight excluding hydrogens is 246 g/mol. The van der Waals surface area contributed by atoms with Crippen molar-refractivity contribution in [2.75, 3.05) is 7.05 Å². The van der Waals surface area contributed by atoms with Gasteiger partial charge in [-0.1, -0.05) is 31.5 Å². The van der Waals surface area contributed by atoms with E-state index < -0.39 is 0 Å². The maximum atomic E-state index is 7.52. The second-order valence-electron chi connectivity index (χ2n) is 6.11. The summed E-state index contributed by atoms with van der Waals surface area (Å²) in [6, 6.07) is 8.77. The number of benzene rings is 1. The molecule has 3 N–H and O–H groups in total. The molecule has 1 aromatic carbocycles. The number of rotatable bonds is 5. The van der Waals surface area contributed by atoms with E-state index >= 15 is 0 Å². The number of amidine groups is 1. The minimum absolute atomic E-state index is 0.151. The van der Waals surface area contributed by atoms with Gasteiger partial charge in [0.05, 0.1) is 0 Å². The standard InChI is InChI=1S/C17H27N3/c1-3-13-7-9-16(10-8-13)20(2)12-14-5-4-6-15(11-14)17(18)19/h4-6,11,13,16H,3,7-10,12H2,1-2H3,(H3,18,19). The van der Waals surface area contributed by atoms with Crippen LogP contribution in [-0.4, -0.2) is 23.8 Å². The molecule has 0 aliphatic heterocycles. The fraction of sp³-hybridized carbons (Fsp3) is 0.588. The molecule has 0 unspecified atom stereocenters. The highest BCUT2D eigenvalue weighted by atomic mass is 15.1. The van der Waals surface area contributed by atoms with Gasteiger partial charge in [0, 0.05) is 18.2 Å². The van der Waals surface area contributed by atoms with Gasteiger partial charge in [-0.05, 0) is 50.3 Å². The zero-order valence-electron chi connectivity index (χ0n) is 12.7. The summed E-state index contributed by atoms with van der Waals surface area (Å²) in [5.74, 6) is 1.10. The van der Waals surface area contributed by atoms with Crippen molar-refractivity contribution >= 4 is 5.84 Å². The third-order valence-electron chi connectivity index (χ3n) is 4.69. The maximum absolute atomic E-state index is 7.52. The summed E-state index contributed by atoms with van der Waals surface area (Å²) in [4.78, 5) is 2.46. The van der Waals surface area contributed by atoms with Crippen LogP contribution in [0.3, 0.4) is 0 Å². The smallest absolute Gasteiger partial charge is 0.122 e. The first kappa shape index (κ1) is 15.0. The van der Waals surface area contributed by atoms with Crippen LogP contribution in [0, 0.1) is 11.3 Å². The molecule has 1 fully saturated rings. The maximum Gasteiger partial charge on any atom is 0.122 e. The van der Waals surface area contributed by atoms with Crippen LogP contribution in [0.5, 0.6) is 0 Å². The van der Waals surface area contributed by atoms with Crippen molar-refractivity contribution < 1.29 is 0 Å². The Bertz CT molecular complexity index is 447. The average molecular weight is 273 g/mol. The summed E-state index contributed by atoms with van der Waals surface area (Å²) in [5, 5.41) is 7.52. The number of nitrogens with one attached hydrogen (secondary N) is 1. The van der Waals surface area contributed by atoms with E-state index in [-0.39, 0.29) is 5.84 Å². The molecule has 3 heteroatoms. The van der Waals surface area contributed by atoms with Gasteiger partial charge in [0.2, 0.25) is 0 Å². The first-order valence-electron chi connectivity index (χ1n) is 7.73. The van der Waals surface area contributed by atoms with E-state index in [2.05, 4.69) is 24.9 Å². The largest absolute Gasteiger partial charge is 0.384 e. The molecular formula is C17H27N3. The average Bonchev–Trinajstić information content (AvgIpc) is 2.47. The van der Waals surface area contributed by atoms with Gasteiger partial charge >= 0.3 is 0 Å². The SMILES string of the molecule is CCC1CCC(N(C)Cc2cccc(C(=N)N)c2)CC1. The summed E-state index contributed by atoms with van der Waals surface area (Å²) < 4.78 is 0. The van der Waals surface area contributed by atoms with Crippen LogP contribution < -0.4 is 5.73 Å². The minimum atomic E-state index is 0.151. The fourth-order valence-electron chi connectivity index (χ4n) is 3.25. The molecule has 1 aromatic rings. The highest BCUT2D eigenvalue weighted by Gasteiger charge is 2.22. The highest BCUT2D eigenvalue weighted by Crippen LogP contribution is 2.29. The zero-order valence-corrected chi connectivity index (χ0v) is 12.7. The van der Waals surface area contributed by atoms with E-state index in [0.717, 1.165) is 18.0 Å². The molecule has 0 aromatic heterocycles. The topological polar surface area (TPSA) is 53.1 Å². The van der Waals surface area contributed by atoms with Gasteiger partial charge in [0.15, 0.2) is 0 Å². The molecule has 3 nitrogen and oxygen atoms in total. The Morgan fingerprint density at radius 2 is 2.00 bits per heavy atom. The van der Waals surface area contributed by atoms with Gasteiger partial charge in [0.1, 0.15) is 5.84 Å². The molecule has 1 aliphatic carbocycles. The Morgan fingerprint density at radius 3 is 2.60 bits per heavy atom. The summed E-state index contributed by atoms with van der Waals surface area (Å²) in [6.45, 7) is 3.25. The van der Waals surface area contributed by atoms with Crippen LogP contribution >= 0.6 is 0 Å². The van der Waals surface area contributed by atoms with Crippen molar-refractivity contribution in [3.05, 3.63) is 35.4 Å². The van der Waals surface area contributed by atoms with Crippen LogP contribution in [0.15, 0.2) is 24.3 Å². The lowest BCUT2D eigenvalue weighted by molar-refractivity contribution is 0.157. The molecule has 0 amide bonds. The van der Waals surface area contributed by atoms with Crippen molar-refractivity contribution in [1.29, 1.82) is 5.41 Å². The van der Waals surface area contributed by atoms with E-state index in [1.54, 1.807) is 0 Å². The predicted octanol–water partition coefficient (Wildman–Crippen LogP) is 3.37. The molecule has 0 bridgehead atoms. The monoisotopic (exact) mass is 273 g/mol. The normalized spacial score (nSPS) is 22.9. The fourth-order valence-corrected chi connectivity index (χ4v) is 3.25. The van der Waals surface area contributed by atoms with Crippen molar-refractivity contribution in [3.8, 4) is 0 Å². The Balaban J connectivity index is 1.93. The van der Waals surface area contributed by atoms with Crippen LogP contribution in [0.4, 0.5) is 0 Å². The molecule has 1 saturated carbocycles. The van der Waals surface area contributed by atoms with Gasteiger partial charge in [-0.15, -0.1) is 0 Å². The third kappa shape index (κ3) is 3.83. The Kier molecular flexibility index (Phi) is 5.18. The Labute approximate surface area is 122 Å². The first-order chi connectivity index (χ1) is 9.60. The lowest BCUT2D eigenvalue weighted by Crippen LogP contribution is -2.34. The van der Waals surface area contributed by atoms with Crippen LogP contribution in [0.25, 0.3) is 0 Å². The molecule has 2 rings (SSSR count). The molecule has 1 aliphatic rings. The Hall–Kier alpha value is -1.35. The molecule has 0 atom stereocenters.